The smallest absolute Gasteiger partial charge is 0.204 e. The molecule has 1 atom stereocenters. The standard InChI is InChI=1S/C11H19N5O/c1-17-16-9-4-5-10(15-11(9)12)14-8-3-2-6-13-7-8/h4-5,8,13,16H,2-3,6-7H2,1H3,(H3,12,14,15)/p+1. The molecule has 94 valence electrons. The molecule has 1 fully saturated rings. The van der Waals surface area contributed by atoms with Crippen LogP contribution in [-0.2, 0) is 4.84 Å². The van der Waals surface area contributed by atoms with Gasteiger partial charge in [0.15, 0.2) is 5.82 Å². The maximum absolute atomic E-state index is 5.83. The van der Waals surface area contributed by atoms with E-state index in [1.54, 1.807) is 12.6 Å². The molecule has 0 aromatic carbocycles. The molecule has 6 heteroatoms. The molecule has 0 aliphatic carbocycles. The lowest BCUT2D eigenvalue weighted by Crippen LogP contribution is -2.76. The number of aromatic nitrogens is 1. The van der Waals surface area contributed by atoms with Crippen LogP contribution in [0.25, 0.3) is 0 Å². The van der Waals surface area contributed by atoms with Crippen LogP contribution in [0, 0.1) is 0 Å². The van der Waals surface area contributed by atoms with Crippen LogP contribution < -0.4 is 21.8 Å². The summed E-state index contributed by atoms with van der Waals surface area (Å²) in [5.41, 5.74) is 8.23. The van der Waals surface area contributed by atoms with Gasteiger partial charge in [-0.05, 0) is 25.5 Å². The molecule has 1 aliphatic heterocycles. The highest BCUT2D eigenvalue weighted by atomic mass is 16.6. The SMILES string of the molecule is CO[NH2+]c1ccc(NC2CCCNC2)nc1N. The summed E-state index contributed by atoms with van der Waals surface area (Å²) in [7, 11) is 1.60. The molecule has 2 heterocycles. The highest BCUT2D eigenvalue weighted by molar-refractivity contribution is 5.56. The Kier molecular flexibility index (Phi) is 4.13. The van der Waals surface area contributed by atoms with E-state index < -0.39 is 0 Å². The Morgan fingerprint density at radius 2 is 2.47 bits per heavy atom. The van der Waals surface area contributed by atoms with Crippen molar-refractivity contribution in [3.8, 4) is 0 Å². The van der Waals surface area contributed by atoms with Gasteiger partial charge in [-0.25, -0.2) is 9.82 Å². The van der Waals surface area contributed by atoms with E-state index in [9.17, 15) is 0 Å². The second-order valence-corrected chi connectivity index (χ2v) is 4.21. The molecule has 0 amide bonds. The van der Waals surface area contributed by atoms with E-state index in [4.69, 9.17) is 10.6 Å². The van der Waals surface area contributed by atoms with E-state index in [-0.39, 0.29) is 0 Å². The zero-order valence-electron chi connectivity index (χ0n) is 10.1. The second kappa shape index (κ2) is 5.81. The van der Waals surface area contributed by atoms with Gasteiger partial charge in [0.1, 0.15) is 5.82 Å². The van der Waals surface area contributed by atoms with Crippen molar-refractivity contribution in [2.75, 3.05) is 31.2 Å². The number of nitrogens with two attached hydrogens (primary N) is 2. The van der Waals surface area contributed by atoms with E-state index in [0.29, 0.717) is 11.9 Å². The first-order chi connectivity index (χ1) is 8.29. The van der Waals surface area contributed by atoms with E-state index in [2.05, 4.69) is 15.6 Å². The van der Waals surface area contributed by atoms with Crippen molar-refractivity contribution in [3.05, 3.63) is 12.1 Å². The van der Waals surface area contributed by atoms with Gasteiger partial charge in [0, 0.05) is 18.7 Å². The van der Waals surface area contributed by atoms with Gasteiger partial charge in [0.25, 0.3) is 0 Å². The molecule has 17 heavy (non-hydrogen) atoms. The Morgan fingerprint density at radius 3 is 3.12 bits per heavy atom. The van der Waals surface area contributed by atoms with E-state index in [1.165, 1.54) is 12.8 Å². The zero-order chi connectivity index (χ0) is 12.1. The number of nitrogens with one attached hydrogen (secondary N) is 2. The van der Waals surface area contributed by atoms with Gasteiger partial charge in [-0.2, -0.15) is 5.48 Å². The predicted octanol–water partition coefficient (Wildman–Crippen LogP) is -0.416. The zero-order valence-corrected chi connectivity index (χ0v) is 10.1. The van der Waals surface area contributed by atoms with Crippen LogP contribution in [0.1, 0.15) is 12.8 Å². The molecule has 1 unspecified atom stereocenters. The lowest BCUT2D eigenvalue weighted by Gasteiger charge is -2.24. The Bertz CT molecular complexity index is 365. The molecule has 0 saturated carbocycles. The molecule has 0 spiro atoms. The van der Waals surface area contributed by atoms with E-state index >= 15 is 0 Å². The fraction of sp³-hybridized carbons (Fsp3) is 0.545. The number of piperidine rings is 1. The van der Waals surface area contributed by atoms with Gasteiger partial charge in [-0.3, -0.25) is 0 Å². The van der Waals surface area contributed by atoms with Gasteiger partial charge in [-0.15, -0.1) is 0 Å². The number of nitrogen functional groups attached to an aromatic ring is 1. The summed E-state index contributed by atoms with van der Waals surface area (Å²) in [6.45, 7) is 2.09. The van der Waals surface area contributed by atoms with Gasteiger partial charge < -0.3 is 16.4 Å². The third-order valence-electron chi connectivity index (χ3n) is 2.85. The van der Waals surface area contributed by atoms with Crippen molar-refractivity contribution < 1.29 is 10.3 Å². The van der Waals surface area contributed by atoms with Crippen molar-refractivity contribution >= 4 is 17.3 Å². The topological polar surface area (TPSA) is 88.8 Å². The fourth-order valence-corrected chi connectivity index (χ4v) is 1.98. The molecular weight excluding hydrogens is 218 g/mol. The Morgan fingerprint density at radius 1 is 1.59 bits per heavy atom. The number of hydrogen-bond acceptors (Lipinski definition) is 5. The first kappa shape index (κ1) is 12.1. The number of rotatable bonds is 4. The first-order valence-electron chi connectivity index (χ1n) is 5.89. The lowest BCUT2D eigenvalue weighted by molar-refractivity contribution is -0.829. The first-order valence-corrected chi connectivity index (χ1v) is 5.89. The summed E-state index contributed by atoms with van der Waals surface area (Å²) in [6.07, 6.45) is 2.36. The molecule has 1 aromatic rings. The third-order valence-corrected chi connectivity index (χ3v) is 2.85. The summed E-state index contributed by atoms with van der Waals surface area (Å²) in [6, 6.07) is 4.27. The van der Waals surface area contributed by atoms with Crippen molar-refractivity contribution in [1.29, 1.82) is 0 Å². The van der Waals surface area contributed by atoms with Crippen molar-refractivity contribution in [3.63, 3.8) is 0 Å². The van der Waals surface area contributed by atoms with Gasteiger partial charge in [-0.1, -0.05) is 0 Å². The number of nitrogens with zero attached hydrogens (tertiary/aromatic N) is 1. The molecule has 0 bridgehead atoms. The van der Waals surface area contributed by atoms with Crippen LogP contribution in [0.4, 0.5) is 17.3 Å². The van der Waals surface area contributed by atoms with Crippen LogP contribution >= 0.6 is 0 Å². The monoisotopic (exact) mass is 238 g/mol. The third kappa shape index (κ3) is 3.29. The van der Waals surface area contributed by atoms with Gasteiger partial charge >= 0.3 is 0 Å². The Labute approximate surface area is 101 Å². The van der Waals surface area contributed by atoms with Gasteiger partial charge in [0.05, 0.1) is 7.11 Å². The minimum absolute atomic E-state index is 0.438. The minimum Gasteiger partial charge on any atom is -0.379 e. The van der Waals surface area contributed by atoms with Crippen molar-refractivity contribution in [1.82, 2.24) is 10.3 Å². The molecule has 1 saturated heterocycles. The number of hydrogen-bond donors (Lipinski definition) is 4. The molecule has 0 radical (unpaired) electrons. The van der Waals surface area contributed by atoms with E-state index in [1.807, 2.05) is 12.1 Å². The number of anilines is 2. The number of quaternary nitrogens is 1. The highest BCUT2D eigenvalue weighted by Gasteiger charge is 2.14. The largest absolute Gasteiger partial charge is 0.379 e. The number of pyridine rings is 1. The van der Waals surface area contributed by atoms with E-state index in [0.717, 1.165) is 24.6 Å². The lowest BCUT2D eigenvalue weighted by atomic mass is 10.1. The van der Waals surface area contributed by atoms with Crippen LogP contribution in [0.15, 0.2) is 12.1 Å². The summed E-state index contributed by atoms with van der Waals surface area (Å²) >= 11 is 0. The van der Waals surface area contributed by atoms with Crippen molar-refractivity contribution in [2.45, 2.75) is 18.9 Å². The van der Waals surface area contributed by atoms with Crippen molar-refractivity contribution in [2.24, 2.45) is 0 Å². The summed E-state index contributed by atoms with van der Waals surface area (Å²) in [5, 5.41) is 6.74. The molecule has 6 nitrogen and oxygen atoms in total. The average Bonchev–Trinajstić information content (AvgIpc) is 2.34. The van der Waals surface area contributed by atoms with Crippen LogP contribution in [0.3, 0.4) is 0 Å². The fourth-order valence-electron chi connectivity index (χ4n) is 1.98. The normalized spacial score (nSPS) is 20.2. The highest BCUT2D eigenvalue weighted by Crippen LogP contribution is 2.16. The molecule has 1 aliphatic rings. The summed E-state index contributed by atoms with van der Waals surface area (Å²) < 4.78 is 0. The summed E-state index contributed by atoms with van der Waals surface area (Å²) in [5.74, 6) is 1.31. The van der Waals surface area contributed by atoms with Crippen LogP contribution in [0.5, 0.6) is 0 Å². The average molecular weight is 238 g/mol. The minimum atomic E-state index is 0.438. The van der Waals surface area contributed by atoms with Crippen LogP contribution in [-0.4, -0.2) is 31.2 Å². The molecule has 2 rings (SSSR count). The predicted molar refractivity (Wildman–Crippen MR) is 66.8 cm³/mol. The Hall–Kier alpha value is -1.37. The van der Waals surface area contributed by atoms with Crippen LogP contribution in [0.2, 0.25) is 0 Å². The molecule has 6 N–H and O–H groups in total. The maximum atomic E-state index is 5.83. The Balaban J connectivity index is 1.98. The molecular formula is C11H20N5O+. The quantitative estimate of drug-likeness (QED) is 0.535. The summed E-state index contributed by atoms with van der Waals surface area (Å²) in [4.78, 5) is 9.24. The second-order valence-electron chi connectivity index (χ2n) is 4.21. The van der Waals surface area contributed by atoms with Gasteiger partial charge in [0.2, 0.25) is 5.69 Å². The molecule has 1 aromatic heterocycles. The maximum Gasteiger partial charge on any atom is 0.204 e.